The van der Waals surface area contributed by atoms with Gasteiger partial charge in [0.25, 0.3) is 5.91 Å². The number of amides is 1. The molecular formula is C20H16Cl2N4O3S. The highest BCUT2D eigenvalue weighted by molar-refractivity contribution is 7.79. The number of fused-ring (bicyclic) bond motifs is 1. The van der Waals surface area contributed by atoms with Crippen molar-refractivity contribution in [2.45, 2.75) is 24.3 Å². The second-order valence-corrected chi connectivity index (χ2v) is 9.24. The van der Waals surface area contributed by atoms with Crippen molar-refractivity contribution < 1.29 is 13.6 Å². The van der Waals surface area contributed by atoms with Crippen LogP contribution >= 0.6 is 23.2 Å². The highest BCUT2D eigenvalue weighted by Gasteiger charge is 2.58. The normalized spacial score (nSPS) is 23.9. The summed E-state index contributed by atoms with van der Waals surface area (Å²) in [7, 11) is 0. The number of benzene rings is 2. The third-order valence-corrected chi connectivity index (χ3v) is 6.52. The van der Waals surface area contributed by atoms with Crippen molar-refractivity contribution in [3.8, 4) is 6.07 Å². The number of nitriles is 1. The lowest BCUT2D eigenvalue weighted by atomic mass is 9.90. The van der Waals surface area contributed by atoms with Gasteiger partial charge in [0, 0.05) is 16.5 Å². The minimum atomic E-state index is -2.22. The van der Waals surface area contributed by atoms with Crippen LogP contribution in [0.4, 0.5) is 5.69 Å². The molecule has 10 heteroatoms. The molecule has 154 valence electrons. The van der Waals surface area contributed by atoms with Crippen molar-refractivity contribution in [2.24, 2.45) is 4.99 Å². The molecule has 1 N–H and O–H groups in total. The molecule has 2 aromatic carbocycles. The van der Waals surface area contributed by atoms with E-state index in [1.165, 1.54) is 4.90 Å². The van der Waals surface area contributed by atoms with Crippen LogP contribution in [0.15, 0.2) is 47.5 Å². The Labute approximate surface area is 185 Å². The number of carbonyl (C=O) groups excluding carboxylic acids is 1. The van der Waals surface area contributed by atoms with Crippen LogP contribution in [0.5, 0.6) is 0 Å². The molecule has 2 aromatic rings. The summed E-state index contributed by atoms with van der Waals surface area (Å²) in [6, 6.07) is 13.7. The quantitative estimate of drug-likeness (QED) is 0.701. The molecule has 1 saturated heterocycles. The SMILES string of the molecule is C[C@@]1(Cc2ccc(C#N)cc2)C(=O)N(c2cc(Cl)cc(Cl)c2)C2=NCC(S(=O)O)N21. The summed E-state index contributed by atoms with van der Waals surface area (Å²) in [4.78, 5) is 21.0. The van der Waals surface area contributed by atoms with Gasteiger partial charge in [-0.1, -0.05) is 35.3 Å². The number of aliphatic imine (C=N–C) groups is 1. The Hall–Kier alpha value is -2.44. The molecule has 7 nitrogen and oxygen atoms in total. The number of rotatable bonds is 4. The number of nitrogens with zero attached hydrogens (tertiary/aromatic N) is 4. The van der Waals surface area contributed by atoms with Crippen LogP contribution in [0.25, 0.3) is 0 Å². The van der Waals surface area contributed by atoms with Gasteiger partial charge in [-0.2, -0.15) is 5.26 Å². The first-order valence-electron chi connectivity index (χ1n) is 8.98. The molecule has 3 atom stereocenters. The highest BCUT2D eigenvalue weighted by atomic mass is 35.5. The Balaban J connectivity index is 1.80. The second-order valence-electron chi connectivity index (χ2n) is 7.27. The summed E-state index contributed by atoms with van der Waals surface area (Å²) < 4.78 is 21.9. The van der Waals surface area contributed by atoms with Crippen molar-refractivity contribution >= 4 is 51.8 Å². The van der Waals surface area contributed by atoms with Crippen molar-refractivity contribution in [2.75, 3.05) is 11.4 Å². The van der Waals surface area contributed by atoms with Gasteiger partial charge in [0.1, 0.15) is 5.54 Å². The van der Waals surface area contributed by atoms with E-state index in [2.05, 4.69) is 11.1 Å². The van der Waals surface area contributed by atoms with Crippen LogP contribution in [-0.2, 0) is 22.3 Å². The van der Waals surface area contributed by atoms with Crippen LogP contribution in [0.2, 0.25) is 10.0 Å². The fraction of sp³-hybridized carbons (Fsp3) is 0.250. The zero-order chi connectivity index (χ0) is 21.6. The molecule has 2 unspecified atom stereocenters. The summed E-state index contributed by atoms with van der Waals surface area (Å²) in [6.45, 7) is 1.81. The monoisotopic (exact) mass is 462 g/mol. The van der Waals surface area contributed by atoms with Gasteiger partial charge in [-0.3, -0.25) is 4.79 Å². The Morgan fingerprint density at radius 2 is 1.90 bits per heavy atom. The average molecular weight is 463 g/mol. The lowest BCUT2D eigenvalue weighted by Crippen LogP contribution is -2.53. The topological polar surface area (TPSA) is 97.0 Å². The fourth-order valence-electron chi connectivity index (χ4n) is 3.91. The number of halogens is 2. The smallest absolute Gasteiger partial charge is 0.259 e. The summed E-state index contributed by atoms with van der Waals surface area (Å²) in [5.74, 6) is -0.0130. The zero-order valence-corrected chi connectivity index (χ0v) is 18.1. The van der Waals surface area contributed by atoms with E-state index in [0.29, 0.717) is 27.3 Å². The van der Waals surface area contributed by atoms with Crippen LogP contribution in [0.1, 0.15) is 18.1 Å². The molecule has 0 aromatic heterocycles. The van der Waals surface area contributed by atoms with E-state index < -0.39 is 22.0 Å². The molecule has 0 aliphatic carbocycles. The largest absolute Gasteiger partial charge is 0.309 e. The maximum atomic E-state index is 13.6. The van der Waals surface area contributed by atoms with Crippen molar-refractivity contribution in [1.82, 2.24) is 4.90 Å². The molecule has 1 amide bonds. The van der Waals surface area contributed by atoms with E-state index in [-0.39, 0.29) is 18.9 Å². The number of guanidine groups is 1. The summed E-state index contributed by atoms with van der Waals surface area (Å²) in [6.07, 6.45) is 0.259. The van der Waals surface area contributed by atoms with Crippen molar-refractivity contribution in [3.63, 3.8) is 0 Å². The molecule has 4 rings (SSSR count). The molecule has 0 radical (unpaired) electrons. The first-order chi connectivity index (χ1) is 14.2. The summed E-state index contributed by atoms with van der Waals surface area (Å²) >= 11 is 10.1. The zero-order valence-electron chi connectivity index (χ0n) is 15.7. The third-order valence-electron chi connectivity index (χ3n) is 5.26. The standard InChI is InChI=1S/C20H16Cl2N4O3S/c1-20(9-12-2-4-13(10-23)5-3-12)18(27)25(16-7-14(21)6-15(22)8-16)19-24-11-17(26(19)20)30(28)29/h2-8,17H,9,11H2,1H3,(H,28,29)/t17?,20-/m1/s1. The number of carbonyl (C=O) groups is 1. The molecular weight excluding hydrogens is 447 g/mol. The van der Waals surface area contributed by atoms with Crippen molar-refractivity contribution in [3.05, 3.63) is 63.6 Å². The maximum absolute atomic E-state index is 13.6. The van der Waals surface area contributed by atoms with Gasteiger partial charge in [-0.15, -0.1) is 0 Å². The minimum absolute atomic E-state index is 0.0828. The van der Waals surface area contributed by atoms with Gasteiger partial charge in [0.2, 0.25) is 5.96 Å². The van der Waals surface area contributed by atoms with E-state index >= 15 is 0 Å². The second kappa shape index (κ2) is 7.67. The lowest BCUT2D eigenvalue weighted by molar-refractivity contribution is -0.124. The van der Waals surface area contributed by atoms with Crippen LogP contribution < -0.4 is 4.90 Å². The van der Waals surface area contributed by atoms with Crippen molar-refractivity contribution in [1.29, 1.82) is 5.26 Å². The van der Waals surface area contributed by atoms with Gasteiger partial charge >= 0.3 is 0 Å². The van der Waals surface area contributed by atoms with Gasteiger partial charge in [-0.25, -0.2) is 14.1 Å². The maximum Gasteiger partial charge on any atom is 0.259 e. The highest BCUT2D eigenvalue weighted by Crippen LogP contribution is 2.40. The van der Waals surface area contributed by atoms with Gasteiger partial charge in [0.05, 0.1) is 23.9 Å². The van der Waals surface area contributed by atoms with Gasteiger partial charge in [-0.05, 0) is 42.8 Å². The summed E-state index contributed by atoms with van der Waals surface area (Å²) in [5, 5.41) is 8.88. The minimum Gasteiger partial charge on any atom is -0.309 e. The predicted octanol–water partition coefficient (Wildman–Crippen LogP) is 3.43. The Morgan fingerprint density at radius 1 is 1.27 bits per heavy atom. The van der Waals surface area contributed by atoms with Gasteiger partial charge < -0.3 is 9.45 Å². The number of hydrogen-bond donors (Lipinski definition) is 1. The van der Waals surface area contributed by atoms with E-state index in [1.807, 2.05) is 0 Å². The third kappa shape index (κ3) is 3.38. The number of hydrogen-bond acceptors (Lipinski definition) is 5. The molecule has 0 bridgehead atoms. The Morgan fingerprint density at radius 3 is 2.47 bits per heavy atom. The molecule has 0 saturated carbocycles. The van der Waals surface area contributed by atoms with Crippen LogP contribution in [-0.4, -0.2) is 43.0 Å². The lowest BCUT2D eigenvalue weighted by Gasteiger charge is -2.34. The molecule has 1 fully saturated rings. The fourth-order valence-corrected chi connectivity index (χ4v) is 5.13. The molecule has 0 spiro atoms. The van der Waals surface area contributed by atoms with Crippen LogP contribution in [0.3, 0.4) is 0 Å². The van der Waals surface area contributed by atoms with E-state index in [0.717, 1.165) is 5.56 Å². The first-order valence-corrected chi connectivity index (χ1v) is 10.9. The Bertz CT molecular complexity index is 1110. The van der Waals surface area contributed by atoms with Gasteiger partial charge in [0.15, 0.2) is 16.5 Å². The predicted molar refractivity (Wildman–Crippen MR) is 116 cm³/mol. The average Bonchev–Trinajstić information content (AvgIpc) is 3.21. The van der Waals surface area contributed by atoms with E-state index in [9.17, 15) is 13.6 Å². The van der Waals surface area contributed by atoms with Crippen LogP contribution in [0, 0.1) is 11.3 Å². The van der Waals surface area contributed by atoms with E-state index in [4.69, 9.17) is 28.5 Å². The van der Waals surface area contributed by atoms with E-state index in [1.54, 1.807) is 54.3 Å². The number of anilines is 1. The molecule has 30 heavy (non-hydrogen) atoms. The molecule has 2 heterocycles. The first kappa shape index (κ1) is 20.8. The molecule has 2 aliphatic heterocycles. The molecule has 2 aliphatic rings. The summed E-state index contributed by atoms with van der Waals surface area (Å²) in [5.41, 5.74) is 0.592. The Kier molecular flexibility index (Phi) is 5.32.